The number of likely N-dealkylation sites (N-methyl/N-ethyl adjacent to an activating group) is 1. The van der Waals surface area contributed by atoms with Gasteiger partial charge in [-0.05, 0) is 54.0 Å². The van der Waals surface area contributed by atoms with Crippen molar-refractivity contribution in [1.29, 1.82) is 10.5 Å². The smallest absolute Gasteiger partial charge is 0.239 e. The predicted molar refractivity (Wildman–Crippen MR) is 130 cm³/mol. The number of nitrogens with zero attached hydrogens (tertiary/aromatic N) is 5. The molecule has 2 aliphatic rings. The Hall–Kier alpha value is -4.01. The summed E-state index contributed by atoms with van der Waals surface area (Å²) in [6, 6.07) is 16.1. The molecule has 3 aromatic rings. The number of benzene rings is 1. The maximum atomic E-state index is 13.5. The zero-order chi connectivity index (χ0) is 24.1. The van der Waals surface area contributed by atoms with Gasteiger partial charge in [-0.1, -0.05) is 24.3 Å². The van der Waals surface area contributed by atoms with Crippen molar-refractivity contribution in [2.75, 3.05) is 7.05 Å². The third-order valence-corrected chi connectivity index (χ3v) is 8.05. The van der Waals surface area contributed by atoms with Crippen LogP contribution in [0.5, 0.6) is 0 Å². The first-order valence-electron chi connectivity index (χ1n) is 10.9. The molecule has 0 spiro atoms. The molecule has 1 aliphatic carbocycles. The zero-order valence-corrected chi connectivity index (χ0v) is 19.6. The Morgan fingerprint density at radius 2 is 1.88 bits per heavy atom. The normalized spacial score (nSPS) is 23.1. The lowest BCUT2D eigenvalue weighted by atomic mass is 9.77. The summed E-state index contributed by atoms with van der Waals surface area (Å²) in [4.78, 5) is 24.8. The molecular formula is C26H22N6OS. The summed E-state index contributed by atoms with van der Waals surface area (Å²) in [7, 11) is 1.63. The Morgan fingerprint density at radius 3 is 2.53 bits per heavy atom. The average molecular weight is 467 g/mol. The number of carbonyl (C=O) groups excluding carboxylic acids is 1. The Balaban J connectivity index is 1.58. The van der Waals surface area contributed by atoms with E-state index in [1.807, 2.05) is 42.6 Å². The van der Waals surface area contributed by atoms with Crippen LogP contribution >= 0.6 is 11.3 Å². The molecule has 5 rings (SSSR count). The fourth-order valence-electron chi connectivity index (χ4n) is 4.59. The number of thiophene rings is 1. The molecule has 1 aliphatic heterocycles. The third-order valence-electron chi connectivity index (χ3n) is 6.89. The maximum absolute atomic E-state index is 13.5. The number of pyridine rings is 1. The highest BCUT2D eigenvalue weighted by Gasteiger charge is 2.49. The number of hydrogen-bond donors (Lipinski definition) is 1. The highest BCUT2D eigenvalue weighted by atomic mass is 32.1. The molecule has 2 N–H and O–H groups in total. The summed E-state index contributed by atoms with van der Waals surface area (Å²) >= 11 is 1.50. The molecule has 1 fully saturated rings. The van der Waals surface area contributed by atoms with Gasteiger partial charge in [-0.15, -0.1) is 11.3 Å². The lowest BCUT2D eigenvalue weighted by Gasteiger charge is -2.40. The molecule has 0 radical (unpaired) electrons. The van der Waals surface area contributed by atoms with Crippen LogP contribution in [-0.2, 0) is 15.7 Å². The molecule has 1 saturated carbocycles. The second-order valence-electron chi connectivity index (χ2n) is 9.04. The largest absolute Gasteiger partial charge is 0.369 e. The summed E-state index contributed by atoms with van der Waals surface area (Å²) in [5.41, 5.74) is 8.91. The molecule has 0 saturated heterocycles. The van der Waals surface area contributed by atoms with E-state index in [0.29, 0.717) is 5.56 Å². The second kappa shape index (κ2) is 7.79. The van der Waals surface area contributed by atoms with E-state index in [1.54, 1.807) is 19.3 Å². The lowest BCUT2D eigenvalue weighted by molar-refractivity contribution is -0.130. The van der Waals surface area contributed by atoms with Crippen LogP contribution in [0.3, 0.4) is 0 Å². The van der Waals surface area contributed by atoms with Crippen molar-refractivity contribution >= 4 is 23.2 Å². The lowest BCUT2D eigenvalue weighted by Crippen LogP contribution is -2.52. The molecule has 0 unspecified atom stereocenters. The van der Waals surface area contributed by atoms with E-state index >= 15 is 0 Å². The number of rotatable bonds is 4. The van der Waals surface area contributed by atoms with Gasteiger partial charge in [0.1, 0.15) is 11.6 Å². The first-order chi connectivity index (χ1) is 16.3. The van der Waals surface area contributed by atoms with Gasteiger partial charge in [0.05, 0.1) is 23.0 Å². The minimum Gasteiger partial charge on any atom is -0.369 e. The van der Waals surface area contributed by atoms with Crippen LogP contribution in [-0.4, -0.2) is 28.8 Å². The first-order valence-corrected chi connectivity index (χ1v) is 11.8. The molecule has 34 heavy (non-hydrogen) atoms. The molecule has 168 valence electrons. The number of aliphatic imine (C=N–C) groups is 1. The van der Waals surface area contributed by atoms with Crippen LogP contribution in [0, 0.1) is 22.7 Å². The highest BCUT2D eigenvalue weighted by molar-refractivity contribution is 7.10. The van der Waals surface area contributed by atoms with Gasteiger partial charge in [-0.25, -0.2) is 4.99 Å². The van der Waals surface area contributed by atoms with E-state index in [0.717, 1.165) is 40.0 Å². The van der Waals surface area contributed by atoms with E-state index in [4.69, 9.17) is 10.7 Å². The minimum absolute atomic E-state index is 0.132. The van der Waals surface area contributed by atoms with E-state index in [9.17, 15) is 15.3 Å². The molecule has 1 amide bonds. The van der Waals surface area contributed by atoms with Gasteiger partial charge in [0.25, 0.3) is 0 Å². The number of guanidine groups is 1. The van der Waals surface area contributed by atoms with Crippen molar-refractivity contribution < 1.29 is 4.79 Å². The third kappa shape index (κ3) is 3.35. The molecule has 7 nitrogen and oxygen atoms in total. The number of nitrogens with two attached hydrogens (primary N) is 1. The van der Waals surface area contributed by atoms with Crippen molar-refractivity contribution in [3.63, 3.8) is 0 Å². The first kappa shape index (κ1) is 21.8. The molecule has 2 atom stereocenters. The summed E-state index contributed by atoms with van der Waals surface area (Å²) in [5.74, 6) is -0.539. The monoisotopic (exact) mass is 466 g/mol. The summed E-state index contributed by atoms with van der Waals surface area (Å²) in [6.07, 6.45) is 4.97. The molecule has 2 aromatic heterocycles. The number of nitriles is 2. The highest BCUT2D eigenvalue weighted by Crippen LogP contribution is 2.50. The van der Waals surface area contributed by atoms with Gasteiger partial charge in [0, 0.05) is 29.9 Å². The molecule has 8 heteroatoms. The van der Waals surface area contributed by atoms with Crippen LogP contribution in [0.15, 0.2) is 59.2 Å². The van der Waals surface area contributed by atoms with Gasteiger partial charge in [0.15, 0.2) is 5.96 Å². The van der Waals surface area contributed by atoms with Crippen LogP contribution in [0.2, 0.25) is 0 Å². The number of hydrogen-bond acceptors (Lipinski definition) is 7. The molecule has 1 aromatic carbocycles. The fraction of sp³-hybridized carbons (Fsp3) is 0.269. The Kier molecular flexibility index (Phi) is 5.00. The van der Waals surface area contributed by atoms with Crippen molar-refractivity contribution in [2.24, 2.45) is 10.7 Å². The Labute approximate surface area is 201 Å². The van der Waals surface area contributed by atoms with E-state index in [1.165, 1.54) is 22.4 Å². The van der Waals surface area contributed by atoms with Crippen LogP contribution < -0.4 is 5.73 Å². The standard InChI is InChI=1S/C26H22N6OS/c1-25(21-10-19(14-34-21)18-9-16(11-27)12-30-13-18)22(23(33)32(2)24(29)31-25)17-3-5-20(6-4-17)26(15-28)7-8-26/h3-6,9-10,12-14,22H,7-8H2,1-2H3,(H2,29,31)/t22-,25-/m1/s1. The second-order valence-corrected chi connectivity index (χ2v) is 9.95. The van der Waals surface area contributed by atoms with Crippen LogP contribution in [0.1, 0.15) is 47.3 Å². The topological polar surface area (TPSA) is 119 Å². The average Bonchev–Trinajstić information content (AvgIpc) is 3.49. The van der Waals surface area contributed by atoms with Gasteiger partial charge in [-0.2, -0.15) is 10.5 Å². The van der Waals surface area contributed by atoms with Gasteiger partial charge >= 0.3 is 0 Å². The fourth-order valence-corrected chi connectivity index (χ4v) is 5.64. The Morgan fingerprint density at radius 1 is 1.15 bits per heavy atom. The van der Waals surface area contributed by atoms with Gasteiger partial charge in [-0.3, -0.25) is 14.7 Å². The van der Waals surface area contributed by atoms with Crippen LogP contribution in [0.25, 0.3) is 11.1 Å². The molecular weight excluding hydrogens is 444 g/mol. The van der Waals surface area contributed by atoms with Crippen molar-refractivity contribution in [3.8, 4) is 23.3 Å². The number of amides is 1. The van der Waals surface area contributed by atoms with Gasteiger partial charge in [0.2, 0.25) is 5.91 Å². The predicted octanol–water partition coefficient (Wildman–Crippen LogP) is 4.02. The SMILES string of the molecule is CN1C(=O)[C@@H](c2ccc(C3(C#N)CC3)cc2)[C@@](C)(c2cc(-c3cncc(C#N)c3)cs2)N=C1N. The van der Waals surface area contributed by atoms with E-state index in [-0.39, 0.29) is 17.3 Å². The zero-order valence-electron chi connectivity index (χ0n) is 18.8. The maximum Gasteiger partial charge on any atom is 0.239 e. The number of carbonyl (C=O) groups is 1. The molecule has 3 heterocycles. The number of aromatic nitrogens is 1. The van der Waals surface area contributed by atoms with Crippen molar-refractivity contribution in [1.82, 2.24) is 9.88 Å². The van der Waals surface area contributed by atoms with E-state index in [2.05, 4.69) is 17.1 Å². The Bertz CT molecular complexity index is 1410. The van der Waals surface area contributed by atoms with Crippen LogP contribution in [0.4, 0.5) is 0 Å². The quantitative estimate of drug-likeness (QED) is 0.623. The van der Waals surface area contributed by atoms with Crippen molar-refractivity contribution in [2.45, 2.75) is 36.6 Å². The summed E-state index contributed by atoms with van der Waals surface area (Å²) in [6.45, 7) is 1.93. The summed E-state index contributed by atoms with van der Waals surface area (Å²) in [5, 5.41) is 20.7. The summed E-state index contributed by atoms with van der Waals surface area (Å²) < 4.78 is 0. The minimum atomic E-state index is -0.912. The molecule has 0 bridgehead atoms. The van der Waals surface area contributed by atoms with Crippen molar-refractivity contribution in [3.05, 3.63) is 75.7 Å². The van der Waals surface area contributed by atoms with E-state index < -0.39 is 11.5 Å². The van der Waals surface area contributed by atoms with Gasteiger partial charge < -0.3 is 5.73 Å².